The van der Waals surface area contributed by atoms with E-state index in [0.29, 0.717) is 11.3 Å². The number of nitrogens with one attached hydrogen (secondary N) is 1. The molecule has 1 unspecified atom stereocenters. The average Bonchev–Trinajstić information content (AvgIpc) is 2.70. The molecule has 2 aliphatic rings. The fourth-order valence-electron chi connectivity index (χ4n) is 3.48. The number of benzene rings is 1. The number of hydrogen-bond acceptors (Lipinski definition) is 2. The van der Waals surface area contributed by atoms with Gasteiger partial charge in [0, 0.05) is 31.7 Å². The topological polar surface area (TPSA) is 15.3 Å². The van der Waals surface area contributed by atoms with Gasteiger partial charge in [-0.15, -0.1) is 0 Å². The fourth-order valence-corrected chi connectivity index (χ4v) is 3.48. The first-order chi connectivity index (χ1) is 8.58. The number of piperidine rings is 1. The number of anilines is 1. The van der Waals surface area contributed by atoms with Crippen molar-refractivity contribution in [3.8, 4) is 0 Å². The minimum absolute atomic E-state index is 0.421. The van der Waals surface area contributed by atoms with Gasteiger partial charge in [0.15, 0.2) is 0 Å². The van der Waals surface area contributed by atoms with Crippen LogP contribution in [-0.4, -0.2) is 26.7 Å². The predicted molar refractivity (Wildman–Crippen MR) is 77.4 cm³/mol. The van der Waals surface area contributed by atoms with E-state index in [9.17, 15) is 0 Å². The molecule has 1 fully saturated rings. The predicted octanol–water partition coefficient (Wildman–Crippen LogP) is 2.78. The molecule has 2 heteroatoms. The van der Waals surface area contributed by atoms with Gasteiger partial charge in [0.1, 0.15) is 0 Å². The van der Waals surface area contributed by atoms with E-state index >= 15 is 0 Å². The second-order valence-corrected chi connectivity index (χ2v) is 6.55. The molecule has 0 radical (unpaired) electrons. The fraction of sp³-hybridized carbons (Fsp3) is 0.625. The van der Waals surface area contributed by atoms with E-state index in [4.69, 9.17) is 0 Å². The lowest BCUT2D eigenvalue weighted by Gasteiger charge is -2.39. The Morgan fingerprint density at radius 2 is 2.17 bits per heavy atom. The summed E-state index contributed by atoms with van der Waals surface area (Å²) in [6.07, 6.45) is 2.48. The van der Waals surface area contributed by atoms with E-state index in [1.807, 2.05) is 0 Å². The quantitative estimate of drug-likeness (QED) is 0.817. The molecule has 1 N–H and O–H groups in total. The zero-order valence-electron chi connectivity index (χ0n) is 11.8. The van der Waals surface area contributed by atoms with Crippen molar-refractivity contribution in [1.82, 2.24) is 5.32 Å². The summed E-state index contributed by atoms with van der Waals surface area (Å²) < 4.78 is 0. The third-order valence-electron chi connectivity index (χ3n) is 4.87. The van der Waals surface area contributed by atoms with Crippen LogP contribution in [0.3, 0.4) is 0 Å². The van der Waals surface area contributed by atoms with Crippen LogP contribution in [0.25, 0.3) is 0 Å². The molecule has 0 saturated carbocycles. The summed E-state index contributed by atoms with van der Waals surface area (Å²) in [6.45, 7) is 8.29. The smallest absolute Gasteiger partial charge is 0.0397 e. The number of fused-ring (bicyclic) bond motifs is 1. The summed E-state index contributed by atoms with van der Waals surface area (Å²) in [5.41, 5.74) is 4.92. The molecular weight excluding hydrogens is 220 g/mol. The molecule has 18 heavy (non-hydrogen) atoms. The maximum atomic E-state index is 3.56. The van der Waals surface area contributed by atoms with Crippen molar-refractivity contribution in [3.63, 3.8) is 0 Å². The largest absolute Gasteiger partial charge is 0.374 e. The molecule has 2 nitrogen and oxygen atoms in total. The summed E-state index contributed by atoms with van der Waals surface area (Å²) in [7, 11) is 2.19. The lowest BCUT2D eigenvalue weighted by molar-refractivity contribution is 0.214. The molecule has 0 bridgehead atoms. The van der Waals surface area contributed by atoms with Gasteiger partial charge in [0.2, 0.25) is 0 Å². The highest BCUT2D eigenvalue weighted by molar-refractivity contribution is 5.59. The Labute approximate surface area is 110 Å². The summed E-state index contributed by atoms with van der Waals surface area (Å²) >= 11 is 0. The van der Waals surface area contributed by atoms with Crippen molar-refractivity contribution < 1.29 is 0 Å². The van der Waals surface area contributed by atoms with E-state index < -0.39 is 0 Å². The molecule has 2 aliphatic heterocycles. The Balaban J connectivity index is 1.93. The van der Waals surface area contributed by atoms with Crippen LogP contribution in [0.4, 0.5) is 5.69 Å². The van der Waals surface area contributed by atoms with Gasteiger partial charge in [0.05, 0.1) is 0 Å². The van der Waals surface area contributed by atoms with Crippen LogP contribution in [0, 0.1) is 5.41 Å². The van der Waals surface area contributed by atoms with Gasteiger partial charge in [-0.2, -0.15) is 0 Å². The van der Waals surface area contributed by atoms with Crippen LogP contribution in [0.1, 0.15) is 37.3 Å². The number of likely N-dealkylation sites (N-methyl/N-ethyl adjacent to an activating group) is 1. The SMILES string of the molecule is CN1CCc2cc(C3CNCCC3(C)C)ccc21. The van der Waals surface area contributed by atoms with Gasteiger partial charge in [-0.1, -0.05) is 26.0 Å². The van der Waals surface area contributed by atoms with Gasteiger partial charge in [0.25, 0.3) is 0 Å². The normalized spacial score (nSPS) is 26.2. The third-order valence-corrected chi connectivity index (χ3v) is 4.87. The van der Waals surface area contributed by atoms with Gasteiger partial charge >= 0.3 is 0 Å². The molecule has 1 aromatic carbocycles. The maximum absolute atomic E-state index is 3.56. The van der Waals surface area contributed by atoms with Crippen LogP contribution in [0.5, 0.6) is 0 Å². The van der Waals surface area contributed by atoms with Crippen molar-refractivity contribution in [2.75, 3.05) is 31.6 Å². The average molecular weight is 244 g/mol. The van der Waals surface area contributed by atoms with Gasteiger partial charge in [-0.3, -0.25) is 0 Å². The Morgan fingerprint density at radius 3 is 2.94 bits per heavy atom. The standard InChI is InChI=1S/C16H24N2/c1-16(2)7-8-17-11-14(16)12-4-5-15-13(10-12)6-9-18(15)3/h4-5,10,14,17H,6-9,11H2,1-3H3. The van der Waals surface area contributed by atoms with Crippen molar-refractivity contribution in [2.45, 2.75) is 32.6 Å². The molecule has 1 aromatic rings. The van der Waals surface area contributed by atoms with Gasteiger partial charge in [-0.05, 0) is 42.0 Å². The molecule has 1 saturated heterocycles. The van der Waals surface area contributed by atoms with Crippen molar-refractivity contribution >= 4 is 5.69 Å². The second kappa shape index (κ2) is 4.27. The van der Waals surface area contributed by atoms with Crippen molar-refractivity contribution in [2.24, 2.45) is 5.41 Å². The summed E-state index contributed by atoms with van der Waals surface area (Å²) in [6, 6.07) is 7.13. The van der Waals surface area contributed by atoms with E-state index in [1.54, 1.807) is 0 Å². The molecule has 0 aromatic heterocycles. The molecule has 0 spiro atoms. The molecule has 0 aliphatic carbocycles. The second-order valence-electron chi connectivity index (χ2n) is 6.55. The zero-order valence-corrected chi connectivity index (χ0v) is 11.8. The lowest BCUT2D eigenvalue weighted by atomic mass is 9.70. The molecule has 0 amide bonds. The molecular formula is C16H24N2. The first-order valence-corrected chi connectivity index (χ1v) is 7.12. The first kappa shape index (κ1) is 12.0. The van der Waals surface area contributed by atoms with E-state index in [1.165, 1.54) is 36.2 Å². The summed E-state index contributed by atoms with van der Waals surface area (Å²) in [5, 5.41) is 3.56. The van der Waals surface area contributed by atoms with E-state index in [0.717, 1.165) is 13.1 Å². The first-order valence-electron chi connectivity index (χ1n) is 7.12. The zero-order chi connectivity index (χ0) is 12.8. The van der Waals surface area contributed by atoms with Crippen molar-refractivity contribution in [3.05, 3.63) is 29.3 Å². The van der Waals surface area contributed by atoms with Crippen molar-refractivity contribution in [1.29, 1.82) is 0 Å². The number of hydrogen-bond donors (Lipinski definition) is 1. The van der Waals surface area contributed by atoms with Crippen LogP contribution in [0.2, 0.25) is 0 Å². The number of nitrogens with zero attached hydrogens (tertiary/aromatic N) is 1. The van der Waals surface area contributed by atoms with Gasteiger partial charge < -0.3 is 10.2 Å². The van der Waals surface area contributed by atoms with E-state index in [2.05, 4.69) is 49.3 Å². The molecule has 2 heterocycles. The lowest BCUT2D eigenvalue weighted by Crippen LogP contribution is -2.40. The molecule has 98 valence electrons. The summed E-state index contributed by atoms with van der Waals surface area (Å²) in [5.74, 6) is 0.655. The van der Waals surface area contributed by atoms with Crippen LogP contribution < -0.4 is 10.2 Å². The summed E-state index contributed by atoms with van der Waals surface area (Å²) in [4.78, 5) is 2.36. The highest BCUT2D eigenvalue weighted by Gasteiger charge is 2.33. The van der Waals surface area contributed by atoms with Gasteiger partial charge in [-0.25, -0.2) is 0 Å². The Morgan fingerprint density at radius 1 is 1.33 bits per heavy atom. The molecule has 1 atom stereocenters. The van der Waals surface area contributed by atoms with Crippen LogP contribution in [-0.2, 0) is 6.42 Å². The maximum Gasteiger partial charge on any atom is 0.0397 e. The monoisotopic (exact) mass is 244 g/mol. The Hall–Kier alpha value is -1.02. The minimum atomic E-state index is 0.421. The third kappa shape index (κ3) is 1.93. The van der Waals surface area contributed by atoms with Crippen LogP contribution in [0.15, 0.2) is 18.2 Å². The highest BCUT2D eigenvalue weighted by Crippen LogP contribution is 2.41. The Bertz CT molecular complexity index is 450. The highest BCUT2D eigenvalue weighted by atomic mass is 15.1. The number of rotatable bonds is 1. The van der Waals surface area contributed by atoms with Crippen LogP contribution >= 0.6 is 0 Å². The minimum Gasteiger partial charge on any atom is -0.374 e. The Kier molecular flexibility index (Phi) is 2.86. The van der Waals surface area contributed by atoms with E-state index in [-0.39, 0.29) is 0 Å². The molecule has 3 rings (SSSR count).